The van der Waals surface area contributed by atoms with Gasteiger partial charge in [0.15, 0.2) is 5.82 Å². The van der Waals surface area contributed by atoms with Gasteiger partial charge in [0, 0.05) is 6.04 Å². The summed E-state index contributed by atoms with van der Waals surface area (Å²) >= 11 is 5.13. The summed E-state index contributed by atoms with van der Waals surface area (Å²) in [5, 5.41) is 7.57. The summed E-state index contributed by atoms with van der Waals surface area (Å²) in [7, 11) is 0. The van der Waals surface area contributed by atoms with Crippen LogP contribution in [0.15, 0.2) is 27.6 Å². The summed E-state index contributed by atoms with van der Waals surface area (Å²) in [6, 6.07) is 2.40. The molecule has 0 radical (unpaired) electrons. The van der Waals surface area contributed by atoms with Crippen molar-refractivity contribution < 1.29 is 0 Å². The van der Waals surface area contributed by atoms with Crippen molar-refractivity contribution >= 4 is 38.9 Å². The SMILES string of the molecule is CC(Cc1ccsc1)Nc1ncnc(NN)c1Br. The van der Waals surface area contributed by atoms with Gasteiger partial charge >= 0.3 is 0 Å². The number of thiophene rings is 1. The number of nitrogens with zero attached hydrogens (tertiary/aromatic N) is 2. The zero-order chi connectivity index (χ0) is 13.0. The van der Waals surface area contributed by atoms with E-state index in [0.717, 1.165) is 16.7 Å². The molecule has 0 fully saturated rings. The second kappa shape index (κ2) is 6.12. The molecule has 0 bridgehead atoms. The highest BCUT2D eigenvalue weighted by atomic mass is 79.9. The predicted octanol–water partition coefficient (Wildman–Crippen LogP) is 2.63. The van der Waals surface area contributed by atoms with E-state index >= 15 is 0 Å². The lowest BCUT2D eigenvalue weighted by molar-refractivity contribution is 0.785. The number of nitrogen functional groups attached to an aromatic ring is 1. The van der Waals surface area contributed by atoms with Crippen LogP contribution >= 0.6 is 27.3 Å². The summed E-state index contributed by atoms with van der Waals surface area (Å²) in [5.41, 5.74) is 3.84. The van der Waals surface area contributed by atoms with Crippen LogP contribution in [0.3, 0.4) is 0 Å². The van der Waals surface area contributed by atoms with Crippen LogP contribution in [0.5, 0.6) is 0 Å². The molecule has 1 atom stereocenters. The van der Waals surface area contributed by atoms with E-state index in [-0.39, 0.29) is 6.04 Å². The summed E-state index contributed by atoms with van der Waals surface area (Å²) in [4.78, 5) is 8.20. The minimum Gasteiger partial charge on any atom is -0.366 e. The van der Waals surface area contributed by atoms with Crippen LogP contribution in [0.2, 0.25) is 0 Å². The summed E-state index contributed by atoms with van der Waals surface area (Å²) in [5.74, 6) is 6.67. The molecule has 0 amide bonds. The minimum absolute atomic E-state index is 0.274. The van der Waals surface area contributed by atoms with Gasteiger partial charge in [-0.3, -0.25) is 0 Å². The highest BCUT2D eigenvalue weighted by Gasteiger charge is 2.11. The molecule has 96 valence electrons. The van der Waals surface area contributed by atoms with Crippen LogP contribution in [-0.4, -0.2) is 16.0 Å². The maximum Gasteiger partial charge on any atom is 0.159 e. The van der Waals surface area contributed by atoms with Gasteiger partial charge in [0.2, 0.25) is 0 Å². The van der Waals surface area contributed by atoms with Gasteiger partial charge in [0.25, 0.3) is 0 Å². The molecule has 0 aliphatic rings. The van der Waals surface area contributed by atoms with Crippen LogP contribution in [0.25, 0.3) is 0 Å². The third-order valence-electron chi connectivity index (χ3n) is 2.43. The molecule has 0 aliphatic carbocycles. The number of hydrazine groups is 1. The number of nitrogens with two attached hydrogens (primary N) is 1. The molecule has 2 rings (SSSR count). The zero-order valence-electron chi connectivity index (χ0n) is 9.85. The molecule has 2 aromatic rings. The van der Waals surface area contributed by atoms with E-state index in [9.17, 15) is 0 Å². The fraction of sp³-hybridized carbons (Fsp3) is 0.273. The Morgan fingerprint density at radius 1 is 1.44 bits per heavy atom. The van der Waals surface area contributed by atoms with E-state index in [1.54, 1.807) is 11.3 Å². The molecule has 2 heterocycles. The Kier molecular flexibility index (Phi) is 4.51. The molecule has 0 aliphatic heterocycles. The Morgan fingerprint density at radius 2 is 2.22 bits per heavy atom. The average Bonchev–Trinajstić information content (AvgIpc) is 2.84. The largest absolute Gasteiger partial charge is 0.366 e. The molecule has 0 saturated carbocycles. The van der Waals surface area contributed by atoms with E-state index in [0.29, 0.717) is 5.82 Å². The normalized spacial score (nSPS) is 12.2. The van der Waals surface area contributed by atoms with Crippen LogP contribution in [0.4, 0.5) is 11.6 Å². The first-order chi connectivity index (χ1) is 8.70. The second-order valence-electron chi connectivity index (χ2n) is 3.91. The molecular weight excluding hydrogens is 314 g/mol. The second-order valence-corrected chi connectivity index (χ2v) is 5.48. The standard InChI is InChI=1S/C11H14BrN5S/c1-7(4-8-2-3-18-5-8)16-10-9(12)11(17-13)15-6-14-10/h2-3,5-7H,4,13H2,1H3,(H2,14,15,16,17). The third kappa shape index (κ3) is 3.18. The van der Waals surface area contributed by atoms with Crippen molar-refractivity contribution in [1.29, 1.82) is 0 Å². The highest BCUT2D eigenvalue weighted by molar-refractivity contribution is 9.10. The monoisotopic (exact) mass is 327 g/mol. The molecule has 0 spiro atoms. The van der Waals surface area contributed by atoms with Crippen molar-refractivity contribution in [3.05, 3.63) is 33.2 Å². The fourth-order valence-electron chi connectivity index (χ4n) is 1.62. The van der Waals surface area contributed by atoms with Crippen molar-refractivity contribution in [2.75, 3.05) is 10.7 Å². The van der Waals surface area contributed by atoms with Gasteiger partial charge in [-0.25, -0.2) is 15.8 Å². The maximum absolute atomic E-state index is 5.36. The summed E-state index contributed by atoms with van der Waals surface area (Å²) in [6.07, 6.45) is 2.42. The van der Waals surface area contributed by atoms with Crippen LogP contribution < -0.4 is 16.6 Å². The molecule has 5 nitrogen and oxygen atoms in total. The van der Waals surface area contributed by atoms with Crippen molar-refractivity contribution in [2.24, 2.45) is 5.84 Å². The highest BCUT2D eigenvalue weighted by Crippen LogP contribution is 2.26. The Hall–Kier alpha value is -1.18. The van der Waals surface area contributed by atoms with E-state index in [1.165, 1.54) is 11.9 Å². The number of hydrogen-bond donors (Lipinski definition) is 3. The summed E-state index contributed by atoms with van der Waals surface area (Å²) in [6.45, 7) is 2.11. The predicted molar refractivity (Wildman–Crippen MR) is 78.6 cm³/mol. The lowest BCUT2D eigenvalue weighted by atomic mass is 10.1. The Morgan fingerprint density at radius 3 is 2.89 bits per heavy atom. The number of hydrogen-bond acceptors (Lipinski definition) is 6. The Balaban J connectivity index is 2.05. The molecule has 0 saturated heterocycles. The molecule has 2 aromatic heterocycles. The quantitative estimate of drug-likeness (QED) is 0.581. The summed E-state index contributed by atoms with van der Waals surface area (Å²) < 4.78 is 0.740. The lowest BCUT2D eigenvalue weighted by Gasteiger charge is -2.15. The van der Waals surface area contributed by atoms with Gasteiger partial charge in [0.1, 0.15) is 16.6 Å². The molecular formula is C11H14BrN5S. The lowest BCUT2D eigenvalue weighted by Crippen LogP contribution is -2.20. The Bertz CT molecular complexity index is 502. The fourth-order valence-corrected chi connectivity index (χ4v) is 2.73. The van der Waals surface area contributed by atoms with Gasteiger partial charge in [0.05, 0.1) is 0 Å². The third-order valence-corrected chi connectivity index (χ3v) is 3.91. The van der Waals surface area contributed by atoms with E-state index in [4.69, 9.17) is 5.84 Å². The first-order valence-corrected chi connectivity index (χ1v) is 7.19. The van der Waals surface area contributed by atoms with E-state index in [1.807, 2.05) is 0 Å². The van der Waals surface area contributed by atoms with Gasteiger partial charge in [-0.2, -0.15) is 11.3 Å². The van der Waals surface area contributed by atoms with Crippen molar-refractivity contribution in [3.8, 4) is 0 Å². The number of aromatic nitrogens is 2. The van der Waals surface area contributed by atoms with Gasteiger partial charge in [-0.15, -0.1) is 0 Å². The van der Waals surface area contributed by atoms with Crippen LogP contribution in [-0.2, 0) is 6.42 Å². The van der Waals surface area contributed by atoms with Crippen molar-refractivity contribution in [3.63, 3.8) is 0 Å². The molecule has 7 heteroatoms. The average molecular weight is 328 g/mol. The maximum atomic E-state index is 5.36. The number of rotatable bonds is 5. The number of halogens is 1. The van der Waals surface area contributed by atoms with E-state index < -0.39 is 0 Å². The van der Waals surface area contributed by atoms with Crippen LogP contribution in [0.1, 0.15) is 12.5 Å². The van der Waals surface area contributed by atoms with E-state index in [2.05, 4.69) is 60.4 Å². The Labute approximate surface area is 118 Å². The van der Waals surface area contributed by atoms with Gasteiger partial charge < -0.3 is 10.7 Å². The van der Waals surface area contributed by atoms with Crippen LogP contribution in [0, 0.1) is 0 Å². The molecule has 4 N–H and O–H groups in total. The molecule has 1 unspecified atom stereocenters. The topological polar surface area (TPSA) is 75.9 Å². The molecule has 18 heavy (non-hydrogen) atoms. The molecule has 0 aromatic carbocycles. The number of anilines is 2. The van der Waals surface area contributed by atoms with Gasteiger partial charge in [-0.1, -0.05) is 0 Å². The van der Waals surface area contributed by atoms with Gasteiger partial charge in [-0.05, 0) is 51.7 Å². The smallest absolute Gasteiger partial charge is 0.159 e. The van der Waals surface area contributed by atoms with Crippen molar-refractivity contribution in [2.45, 2.75) is 19.4 Å². The minimum atomic E-state index is 0.274. The first-order valence-electron chi connectivity index (χ1n) is 5.45. The first kappa shape index (κ1) is 13.3. The number of nitrogens with one attached hydrogen (secondary N) is 2. The van der Waals surface area contributed by atoms with Crippen molar-refractivity contribution in [1.82, 2.24) is 9.97 Å². The zero-order valence-corrected chi connectivity index (χ0v) is 12.3.